The van der Waals surface area contributed by atoms with Crippen molar-refractivity contribution in [3.05, 3.63) is 42.0 Å². The van der Waals surface area contributed by atoms with Gasteiger partial charge in [0.25, 0.3) is 0 Å². The van der Waals surface area contributed by atoms with Gasteiger partial charge in [-0.2, -0.15) is 8.78 Å². The van der Waals surface area contributed by atoms with Crippen molar-refractivity contribution in [2.75, 3.05) is 0 Å². The molecule has 0 saturated heterocycles. The Bertz CT molecular complexity index is 308. The zero-order valence-electron chi connectivity index (χ0n) is 7.18. The van der Waals surface area contributed by atoms with Crippen molar-refractivity contribution in [1.82, 2.24) is 0 Å². The molecule has 0 aliphatic carbocycles. The molecule has 0 atom stereocenters. The van der Waals surface area contributed by atoms with Crippen LogP contribution in [-0.4, -0.2) is 6.61 Å². The van der Waals surface area contributed by atoms with Crippen molar-refractivity contribution in [2.24, 2.45) is 0 Å². The molecule has 0 aliphatic heterocycles. The van der Waals surface area contributed by atoms with Gasteiger partial charge in [-0.3, -0.25) is 0 Å². The maximum Gasteiger partial charge on any atom is 0.387 e. The summed E-state index contributed by atoms with van der Waals surface area (Å²) in [5.41, 5.74) is 1.41. The molecular formula is C10H9F2O. The van der Waals surface area contributed by atoms with Crippen LogP contribution < -0.4 is 4.74 Å². The fourth-order valence-corrected chi connectivity index (χ4v) is 0.981. The predicted octanol–water partition coefficient (Wildman–Crippen LogP) is 2.93. The first-order chi connectivity index (χ1) is 6.13. The maximum absolute atomic E-state index is 11.9. The molecular weight excluding hydrogens is 174 g/mol. The molecule has 1 rings (SSSR count). The summed E-state index contributed by atoms with van der Waals surface area (Å²) in [4.78, 5) is 0. The number of halogens is 2. The molecule has 0 aliphatic rings. The van der Waals surface area contributed by atoms with Crippen molar-refractivity contribution in [3.63, 3.8) is 0 Å². The molecule has 0 aromatic heterocycles. The first-order valence-corrected chi connectivity index (χ1v) is 3.72. The van der Waals surface area contributed by atoms with Crippen LogP contribution in [0, 0.1) is 13.0 Å². The average molecular weight is 183 g/mol. The smallest absolute Gasteiger partial charge is 0.387 e. The Labute approximate surface area is 75.6 Å². The van der Waals surface area contributed by atoms with Gasteiger partial charge in [-0.05, 0) is 25.1 Å². The Morgan fingerprint density at radius 3 is 2.69 bits per heavy atom. The SMILES string of the molecule is C=[C]c1cc(C)ccc1OC(F)F. The molecule has 1 aromatic rings. The maximum atomic E-state index is 11.9. The number of rotatable bonds is 3. The minimum Gasteiger partial charge on any atom is -0.434 e. The van der Waals surface area contributed by atoms with Crippen LogP contribution in [0.25, 0.3) is 0 Å². The number of benzene rings is 1. The Balaban J connectivity index is 2.99. The normalized spacial score (nSPS) is 10.2. The lowest BCUT2D eigenvalue weighted by Gasteiger charge is -2.07. The minimum atomic E-state index is -2.81. The summed E-state index contributed by atoms with van der Waals surface area (Å²) < 4.78 is 28.0. The Morgan fingerprint density at radius 2 is 2.15 bits per heavy atom. The lowest BCUT2D eigenvalue weighted by atomic mass is 10.1. The van der Waals surface area contributed by atoms with E-state index < -0.39 is 6.61 Å². The van der Waals surface area contributed by atoms with E-state index in [4.69, 9.17) is 0 Å². The molecule has 69 valence electrons. The molecule has 0 heterocycles. The summed E-state index contributed by atoms with van der Waals surface area (Å²) in [6.07, 6.45) is 2.53. The lowest BCUT2D eigenvalue weighted by Crippen LogP contribution is -2.03. The third-order valence-corrected chi connectivity index (χ3v) is 1.54. The first-order valence-electron chi connectivity index (χ1n) is 3.72. The summed E-state index contributed by atoms with van der Waals surface area (Å²) in [5.74, 6) is 0.107. The fraction of sp³-hybridized carbons (Fsp3) is 0.200. The Kier molecular flexibility index (Phi) is 3.01. The highest BCUT2D eigenvalue weighted by Crippen LogP contribution is 2.21. The number of ether oxygens (including phenoxy) is 1. The van der Waals surface area contributed by atoms with Gasteiger partial charge >= 0.3 is 6.61 Å². The molecule has 0 fully saturated rings. The van der Waals surface area contributed by atoms with Crippen LogP contribution >= 0.6 is 0 Å². The second kappa shape index (κ2) is 4.03. The molecule has 1 radical (unpaired) electrons. The van der Waals surface area contributed by atoms with E-state index in [-0.39, 0.29) is 5.75 Å². The molecule has 1 aromatic carbocycles. The van der Waals surface area contributed by atoms with Crippen LogP contribution in [0.5, 0.6) is 5.75 Å². The van der Waals surface area contributed by atoms with Gasteiger partial charge in [0.1, 0.15) is 5.75 Å². The van der Waals surface area contributed by atoms with E-state index >= 15 is 0 Å². The van der Waals surface area contributed by atoms with Gasteiger partial charge in [-0.25, -0.2) is 0 Å². The number of alkyl halides is 2. The summed E-state index contributed by atoms with van der Waals surface area (Å²) in [7, 11) is 0. The van der Waals surface area contributed by atoms with E-state index in [9.17, 15) is 8.78 Å². The standard InChI is InChI=1S/C10H9F2O/c1-3-8-6-7(2)4-5-9(8)13-10(11)12/h4-6,10H,1H2,2H3. The van der Waals surface area contributed by atoms with E-state index in [1.54, 1.807) is 12.1 Å². The molecule has 0 spiro atoms. The van der Waals surface area contributed by atoms with Crippen LogP contribution in [0.15, 0.2) is 24.8 Å². The third-order valence-electron chi connectivity index (χ3n) is 1.54. The Hall–Kier alpha value is -1.38. The van der Waals surface area contributed by atoms with Crippen LogP contribution in [-0.2, 0) is 0 Å². The van der Waals surface area contributed by atoms with Crippen LogP contribution in [0.3, 0.4) is 0 Å². The third kappa shape index (κ3) is 2.54. The average Bonchev–Trinajstić information content (AvgIpc) is 2.07. The van der Waals surface area contributed by atoms with Crippen molar-refractivity contribution >= 4 is 0 Å². The van der Waals surface area contributed by atoms with Gasteiger partial charge in [-0.15, -0.1) is 0 Å². The van der Waals surface area contributed by atoms with Gasteiger partial charge < -0.3 is 4.74 Å². The van der Waals surface area contributed by atoms with Crippen molar-refractivity contribution in [2.45, 2.75) is 13.5 Å². The lowest BCUT2D eigenvalue weighted by molar-refractivity contribution is -0.0501. The predicted molar refractivity (Wildman–Crippen MR) is 45.8 cm³/mol. The van der Waals surface area contributed by atoms with Crippen LogP contribution in [0.1, 0.15) is 11.1 Å². The molecule has 0 unspecified atom stereocenters. The zero-order valence-corrected chi connectivity index (χ0v) is 7.18. The van der Waals surface area contributed by atoms with Gasteiger partial charge in [0.05, 0.1) is 0 Å². The van der Waals surface area contributed by atoms with E-state index in [1.165, 1.54) is 6.07 Å². The van der Waals surface area contributed by atoms with Gasteiger partial charge in [-0.1, -0.05) is 18.2 Å². The largest absolute Gasteiger partial charge is 0.434 e. The first kappa shape index (κ1) is 9.71. The molecule has 3 heteroatoms. The molecule has 0 amide bonds. The van der Waals surface area contributed by atoms with E-state index in [1.807, 2.05) is 6.92 Å². The highest BCUT2D eigenvalue weighted by atomic mass is 19.3. The summed E-state index contributed by atoms with van der Waals surface area (Å²) >= 11 is 0. The molecule has 0 saturated carbocycles. The quantitative estimate of drug-likeness (QED) is 0.700. The summed E-state index contributed by atoms with van der Waals surface area (Å²) in [6, 6.07) is 4.86. The highest BCUT2D eigenvalue weighted by molar-refractivity contribution is 5.40. The van der Waals surface area contributed by atoms with E-state index in [0.717, 1.165) is 5.56 Å². The minimum absolute atomic E-state index is 0.107. The van der Waals surface area contributed by atoms with Gasteiger partial charge in [0, 0.05) is 5.56 Å². The molecule has 1 nitrogen and oxygen atoms in total. The zero-order chi connectivity index (χ0) is 9.84. The van der Waals surface area contributed by atoms with Gasteiger partial charge in [0.15, 0.2) is 0 Å². The second-order valence-electron chi connectivity index (χ2n) is 2.55. The second-order valence-corrected chi connectivity index (χ2v) is 2.55. The van der Waals surface area contributed by atoms with Crippen molar-refractivity contribution < 1.29 is 13.5 Å². The van der Waals surface area contributed by atoms with Crippen LogP contribution in [0.2, 0.25) is 0 Å². The number of aryl methyl sites for hydroxylation is 1. The topological polar surface area (TPSA) is 9.23 Å². The fourth-order valence-electron chi connectivity index (χ4n) is 0.981. The van der Waals surface area contributed by atoms with Crippen molar-refractivity contribution in [1.29, 1.82) is 0 Å². The Morgan fingerprint density at radius 1 is 1.46 bits per heavy atom. The van der Waals surface area contributed by atoms with E-state index in [2.05, 4.69) is 17.4 Å². The molecule has 0 bridgehead atoms. The summed E-state index contributed by atoms with van der Waals surface area (Å²) in [6.45, 7) is 2.43. The number of hydrogen-bond donors (Lipinski definition) is 0. The molecule has 0 N–H and O–H groups in total. The number of hydrogen-bond acceptors (Lipinski definition) is 1. The van der Waals surface area contributed by atoms with E-state index in [0.29, 0.717) is 5.56 Å². The molecule has 13 heavy (non-hydrogen) atoms. The monoisotopic (exact) mass is 183 g/mol. The highest BCUT2D eigenvalue weighted by Gasteiger charge is 2.07. The van der Waals surface area contributed by atoms with Crippen molar-refractivity contribution in [3.8, 4) is 5.75 Å². The summed E-state index contributed by atoms with van der Waals surface area (Å²) in [5, 5.41) is 0. The van der Waals surface area contributed by atoms with Crippen LogP contribution in [0.4, 0.5) is 8.78 Å². The van der Waals surface area contributed by atoms with Gasteiger partial charge in [0.2, 0.25) is 0 Å².